The normalized spacial score (nSPS) is 12.2. The Morgan fingerprint density at radius 1 is 0.750 bits per heavy atom. The first-order chi connectivity index (χ1) is 16.8. The number of benzene rings is 3. The molecule has 1 atom stereocenters. The van der Waals surface area contributed by atoms with Gasteiger partial charge in [-0.3, -0.25) is 4.79 Å². The van der Waals surface area contributed by atoms with Crippen LogP contribution in [0.4, 0.5) is 26.3 Å². The zero-order valence-corrected chi connectivity index (χ0v) is 19.4. The van der Waals surface area contributed by atoms with Crippen LogP contribution in [0.3, 0.4) is 0 Å². The third-order valence-corrected chi connectivity index (χ3v) is 6.51. The van der Waals surface area contributed by atoms with Crippen LogP contribution in [0.25, 0.3) is 0 Å². The fraction of sp³-hybridized carbons (Fsp3) is 0.167. The van der Waals surface area contributed by atoms with Gasteiger partial charge in [0.2, 0.25) is 11.1 Å². The number of alkyl halides is 6. The highest BCUT2D eigenvalue weighted by Gasteiger charge is 2.49. The maximum atomic E-state index is 13.5. The summed E-state index contributed by atoms with van der Waals surface area (Å²) in [5.74, 6) is -0.444. The second-order valence-electron chi connectivity index (χ2n) is 7.24. The number of hydrogen-bond acceptors (Lipinski definition) is 5. The summed E-state index contributed by atoms with van der Waals surface area (Å²) >= 11 is 0. The SMILES string of the molecule is COc1ccc(C(=O)c2ccccc2[P+](=O)C(=O)c2c(C(F)(F)F)cccc2C(F)(F)F)c(OC)c1. The Hall–Kier alpha value is -3.72. The summed E-state index contributed by atoms with van der Waals surface area (Å²) in [6.45, 7) is 0. The summed E-state index contributed by atoms with van der Waals surface area (Å²) in [4.78, 5) is 26.2. The van der Waals surface area contributed by atoms with Crippen LogP contribution >= 0.6 is 7.80 Å². The average Bonchev–Trinajstić information content (AvgIpc) is 2.85. The second kappa shape index (κ2) is 10.1. The Labute approximate surface area is 201 Å². The summed E-state index contributed by atoms with van der Waals surface area (Å²) in [7, 11) is -0.953. The van der Waals surface area contributed by atoms with Gasteiger partial charge in [0, 0.05) is 6.07 Å². The molecule has 3 aromatic rings. The zero-order chi connectivity index (χ0) is 26.8. The van der Waals surface area contributed by atoms with Gasteiger partial charge in [0.15, 0.2) is 0 Å². The van der Waals surface area contributed by atoms with Crippen LogP contribution in [0.5, 0.6) is 11.5 Å². The molecule has 0 aliphatic rings. The van der Waals surface area contributed by atoms with Crippen molar-refractivity contribution in [3.63, 3.8) is 0 Å². The Morgan fingerprint density at radius 2 is 1.33 bits per heavy atom. The monoisotopic (exact) mass is 529 g/mol. The molecule has 0 radical (unpaired) electrons. The number of carbonyl (C=O) groups excluding carboxylic acids is 2. The predicted octanol–water partition coefficient (Wildman–Crippen LogP) is 6.27. The molecule has 0 aliphatic carbocycles. The van der Waals surface area contributed by atoms with Crippen LogP contribution in [0, 0.1) is 0 Å². The summed E-state index contributed by atoms with van der Waals surface area (Å²) in [6.07, 6.45) is -10.7. The van der Waals surface area contributed by atoms with Crippen molar-refractivity contribution in [2.24, 2.45) is 0 Å². The van der Waals surface area contributed by atoms with E-state index in [0.717, 1.165) is 12.1 Å². The van der Waals surface area contributed by atoms with E-state index in [1.54, 1.807) is 0 Å². The molecule has 0 fully saturated rings. The summed E-state index contributed by atoms with van der Waals surface area (Å²) in [5.41, 5.74) is -7.87. The van der Waals surface area contributed by atoms with Gasteiger partial charge < -0.3 is 9.47 Å². The van der Waals surface area contributed by atoms with Crippen molar-refractivity contribution in [3.05, 3.63) is 88.5 Å². The molecule has 1 unspecified atom stereocenters. The third-order valence-electron chi connectivity index (χ3n) is 5.09. The molecule has 12 heteroatoms. The van der Waals surface area contributed by atoms with E-state index in [2.05, 4.69) is 0 Å². The summed E-state index contributed by atoms with van der Waals surface area (Å²) in [6, 6.07) is 9.97. The minimum Gasteiger partial charge on any atom is -0.497 e. The molecule has 0 spiro atoms. The maximum Gasteiger partial charge on any atom is 0.459 e. The quantitative estimate of drug-likeness (QED) is 0.205. The highest BCUT2D eigenvalue weighted by molar-refractivity contribution is 7.71. The van der Waals surface area contributed by atoms with E-state index in [4.69, 9.17) is 9.47 Å². The van der Waals surface area contributed by atoms with Gasteiger partial charge in [-0.05, 0) is 36.4 Å². The lowest BCUT2D eigenvalue weighted by atomic mass is 10.0. The number of hydrogen-bond donors (Lipinski definition) is 0. The first-order valence-electron chi connectivity index (χ1n) is 9.96. The van der Waals surface area contributed by atoms with Gasteiger partial charge in [-0.2, -0.15) is 26.3 Å². The third kappa shape index (κ3) is 5.26. The van der Waals surface area contributed by atoms with Gasteiger partial charge in [0.1, 0.15) is 11.5 Å². The lowest BCUT2D eigenvalue weighted by Crippen LogP contribution is -2.21. The smallest absolute Gasteiger partial charge is 0.459 e. The molecule has 0 aromatic heterocycles. The van der Waals surface area contributed by atoms with Crippen molar-refractivity contribution in [3.8, 4) is 11.5 Å². The lowest BCUT2D eigenvalue weighted by molar-refractivity contribution is -0.143. The van der Waals surface area contributed by atoms with Crippen LogP contribution < -0.4 is 14.8 Å². The van der Waals surface area contributed by atoms with Crippen LogP contribution in [-0.4, -0.2) is 25.5 Å². The Balaban J connectivity index is 2.16. The second-order valence-corrected chi connectivity index (χ2v) is 8.71. The van der Waals surface area contributed by atoms with E-state index >= 15 is 0 Å². The van der Waals surface area contributed by atoms with Gasteiger partial charge in [-0.15, -0.1) is 0 Å². The molecule has 3 rings (SSSR count). The molecule has 0 N–H and O–H groups in total. The van der Waals surface area contributed by atoms with Gasteiger partial charge >= 0.3 is 25.7 Å². The highest BCUT2D eigenvalue weighted by Crippen LogP contribution is 2.43. The molecular weight excluding hydrogens is 513 g/mol. The van der Waals surface area contributed by atoms with Crippen LogP contribution in [0.2, 0.25) is 0 Å². The number of ketones is 1. The Bertz CT molecular complexity index is 1320. The minimum atomic E-state index is -5.34. The Kier molecular flexibility index (Phi) is 7.54. The molecule has 0 saturated carbocycles. The zero-order valence-electron chi connectivity index (χ0n) is 18.5. The van der Waals surface area contributed by atoms with E-state index in [1.807, 2.05) is 0 Å². The van der Waals surface area contributed by atoms with E-state index in [1.165, 1.54) is 44.6 Å². The van der Waals surface area contributed by atoms with Gasteiger partial charge in [0.05, 0.1) is 42.0 Å². The van der Waals surface area contributed by atoms with Crippen molar-refractivity contribution >= 4 is 24.4 Å². The molecule has 0 saturated heterocycles. The molecule has 5 nitrogen and oxygen atoms in total. The van der Waals surface area contributed by atoms with Crippen molar-refractivity contribution in [1.29, 1.82) is 0 Å². The number of carbonyl (C=O) groups is 2. The van der Waals surface area contributed by atoms with E-state index in [0.29, 0.717) is 23.9 Å². The fourth-order valence-corrected chi connectivity index (χ4v) is 4.72. The number of ether oxygens (including phenoxy) is 2. The standard InChI is InChI=1S/C24H16F6O5P/c1-34-13-10-11-14(18(12-13)35-2)21(31)15-6-3-4-9-19(15)36(33)22(32)20-16(23(25,26)27)7-5-8-17(20)24(28,29)30/h3-12H,1-2H3/q+1. The van der Waals surface area contributed by atoms with Crippen LogP contribution in [0.15, 0.2) is 60.7 Å². The van der Waals surface area contributed by atoms with Crippen molar-refractivity contribution < 1.29 is 50.0 Å². The number of halogens is 6. The van der Waals surface area contributed by atoms with Crippen molar-refractivity contribution in [1.82, 2.24) is 0 Å². The molecule has 0 bridgehead atoms. The molecule has 0 heterocycles. The molecule has 188 valence electrons. The predicted molar refractivity (Wildman–Crippen MR) is 117 cm³/mol. The van der Waals surface area contributed by atoms with Crippen molar-refractivity contribution in [2.45, 2.75) is 12.4 Å². The molecule has 0 aliphatic heterocycles. The molecule has 0 amide bonds. The van der Waals surface area contributed by atoms with Crippen molar-refractivity contribution in [2.75, 3.05) is 14.2 Å². The van der Waals surface area contributed by atoms with Gasteiger partial charge in [0.25, 0.3) is 0 Å². The molecular formula is C24H16F6O5P+. The topological polar surface area (TPSA) is 69.7 Å². The van der Waals surface area contributed by atoms with Gasteiger partial charge in [-0.25, -0.2) is 4.79 Å². The van der Waals surface area contributed by atoms with E-state index < -0.39 is 53.5 Å². The maximum absolute atomic E-state index is 13.5. The van der Waals surface area contributed by atoms with E-state index in [9.17, 15) is 40.5 Å². The first kappa shape index (κ1) is 26.9. The van der Waals surface area contributed by atoms with E-state index in [-0.39, 0.29) is 16.9 Å². The summed E-state index contributed by atoms with van der Waals surface area (Å²) in [5, 5.41) is -0.523. The Morgan fingerprint density at radius 3 is 1.86 bits per heavy atom. The molecule has 3 aromatic carbocycles. The van der Waals surface area contributed by atoms with Crippen LogP contribution in [0.1, 0.15) is 37.4 Å². The van der Waals surface area contributed by atoms with Gasteiger partial charge in [-0.1, -0.05) is 22.8 Å². The fourth-order valence-electron chi connectivity index (χ4n) is 3.44. The number of methoxy groups -OCH3 is 2. The van der Waals surface area contributed by atoms with Crippen LogP contribution in [-0.2, 0) is 16.9 Å². The highest BCUT2D eigenvalue weighted by atomic mass is 31.1. The lowest BCUT2D eigenvalue weighted by Gasteiger charge is -2.15. The largest absolute Gasteiger partial charge is 0.497 e. The first-order valence-corrected chi connectivity index (χ1v) is 11.2. The average molecular weight is 529 g/mol. The minimum absolute atomic E-state index is 0.0393. The molecule has 36 heavy (non-hydrogen) atoms. The summed E-state index contributed by atoms with van der Waals surface area (Å²) < 4.78 is 105. The number of rotatable bonds is 7.